The zero-order valence-corrected chi connectivity index (χ0v) is 8.68. The molecule has 3 nitrogen and oxygen atoms in total. The Kier molecular flexibility index (Phi) is 4.22. The quantitative estimate of drug-likeness (QED) is 0.677. The van der Waals surface area contributed by atoms with Crippen LogP contribution in [0.2, 0.25) is 0 Å². The van der Waals surface area contributed by atoms with E-state index in [9.17, 15) is 0 Å². The highest BCUT2D eigenvalue weighted by atomic mass is 15.1. The lowest BCUT2D eigenvalue weighted by Gasteiger charge is -2.28. The van der Waals surface area contributed by atoms with Crippen LogP contribution in [0, 0.1) is 11.3 Å². The first-order valence-electron chi connectivity index (χ1n) is 4.23. The van der Waals surface area contributed by atoms with Gasteiger partial charge in [0, 0.05) is 12.6 Å². The molecule has 0 amide bonds. The Bertz CT molecular complexity index is 157. The highest BCUT2D eigenvalue weighted by Gasteiger charge is 2.24. The third-order valence-electron chi connectivity index (χ3n) is 1.49. The Balaban J connectivity index is 4.17. The first-order chi connectivity index (χ1) is 5.39. The molecule has 0 spiro atoms. The van der Waals surface area contributed by atoms with Crippen molar-refractivity contribution in [3.05, 3.63) is 0 Å². The van der Waals surface area contributed by atoms with Crippen LogP contribution in [0.5, 0.6) is 0 Å². The Morgan fingerprint density at radius 3 is 2.25 bits per heavy atom. The van der Waals surface area contributed by atoms with E-state index >= 15 is 0 Å². The van der Waals surface area contributed by atoms with Crippen LogP contribution < -0.4 is 5.32 Å². The summed E-state index contributed by atoms with van der Waals surface area (Å²) in [6.45, 7) is 6.76. The number of nitriles is 1. The molecule has 0 aromatic rings. The Hall–Kier alpha value is -0.590. The summed E-state index contributed by atoms with van der Waals surface area (Å²) >= 11 is 0. The summed E-state index contributed by atoms with van der Waals surface area (Å²) in [6, 6.07) is 2.63. The molecule has 1 unspecified atom stereocenters. The summed E-state index contributed by atoms with van der Waals surface area (Å²) in [6.07, 6.45) is 0. The van der Waals surface area contributed by atoms with Gasteiger partial charge in [-0.2, -0.15) is 5.26 Å². The van der Waals surface area contributed by atoms with Crippen molar-refractivity contribution in [1.82, 2.24) is 10.2 Å². The number of likely N-dealkylation sites (N-methyl/N-ethyl adjacent to an activating group) is 1. The molecule has 0 heterocycles. The first-order valence-corrected chi connectivity index (χ1v) is 4.23. The van der Waals surface area contributed by atoms with E-state index in [0.29, 0.717) is 6.04 Å². The minimum absolute atomic E-state index is 0.342. The van der Waals surface area contributed by atoms with Crippen LogP contribution in [0.25, 0.3) is 0 Å². The van der Waals surface area contributed by atoms with Crippen molar-refractivity contribution in [3.63, 3.8) is 0 Å². The lowest BCUT2D eigenvalue weighted by atomic mass is 10.0. The Morgan fingerprint density at radius 2 is 2.00 bits per heavy atom. The molecular formula is C9H19N3. The average molecular weight is 169 g/mol. The van der Waals surface area contributed by atoms with Gasteiger partial charge in [-0.1, -0.05) is 0 Å². The van der Waals surface area contributed by atoms with Gasteiger partial charge in [-0.15, -0.1) is 0 Å². The molecule has 0 aromatic carbocycles. The van der Waals surface area contributed by atoms with Gasteiger partial charge in [0.15, 0.2) is 0 Å². The van der Waals surface area contributed by atoms with Crippen molar-refractivity contribution in [3.8, 4) is 6.07 Å². The van der Waals surface area contributed by atoms with Gasteiger partial charge in [0.2, 0.25) is 0 Å². The zero-order valence-electron chi connectivity index (χ0n) is 8.68. The van der Waals surface area contributed by atoms with Gasteiger partial charge in [0.05, 0.1) is 6.07 Å². The molecule has 3 heteroatoms. The molecule has 1 atom stereocenters. The summed E-state index contributed by atoms with van der Waals surface area (Å²) < 4.78 is 0. The Labute approximate surface area is 75.4 Å². The minimum Gasteiger partial charge on any atom is -0.307 e. The molecule has 0 saturated heterocycles. The molecular weight excluding hydrogens is 150 g/mol. The average Bonchev–Trinajstić information content (AvgIpc) is 1.83. The van der Waals surface area contributed by atoms with E-state index in [2.05, 4.69) is 11.4 Å². The molecule has 0 radical (unpaired) electrons. The fourth-order valence-corrected chi connectivity index (χ4v) is 1.38. The fourth-order valence-electron chi connectivity index (χ4n) is 1.38. The summed E-state index contributed by atoms with van der Waals surface area (Å²) in [4.78, 5) is 2.01. The Morgan fingerprint density at radius 1 is 1.50 bits per heavy atom. The lowest BCUT2D eigenvalue weighted by Crippen LogP contribution is -2.51. The predicted molar refractivity (Wildman–Crippen MR) is 50.8 cm³/mol. The first kappa shape index (κ1) is 11.4. The van der Waals surface area contributed by atoms with E-state index in [-0.39, 0.29) is 0 Å². The van der Waals surface area contributed by atoms with Crippen LogP contribution >= 0.6 is 0 Å². The van der Waals surface area contributed by atoms with Gasteiger partial charge in [-0.25, -0.2) is 0 Å². The van der Waals surface area contributed by atoms with Crippen molar-refractivity contribution < 1.29 is 0 Å². The van der Waals surface area contributed by atoms with Crippen LogP contribution in [0.1, 0.15) is 20.8 Å². The monoisotopic (exact) mass is 169 g/mol. The molecule has 70 valence electrons. The minimum atomic E-state index is -0.433. The van der Waals surface area contributed by atoms with Crippen molar-refractivity contribution in [2.24, 2.45) is 0 Å². The predicted octanol–water partition coefficient (Wildman–Crippen LogP) is 0.828. The van der Waals surface area contributed by atoms with Crippen molar-refractivity contribution in [1.29, 1.82) is 5.26 Å². The zero-order chi connectivity index (χ0) is 9.78. The van der Waals surface area contributed by atoms with E-state index < -0.39 is 5.54 Å². The van der Waals surface area contributed by atoms with Crippen LogP contribution in [0.4, 0.5) is 0 Å². The second-order valence-corrected chi connectivity index (χ2v) is 3.98. The van der Waals surface area contributed by atoms with Gasteiger partial charge in [-0.05, 0) is 34.9 Å². The summed E-state index contributed by atoms with van der Waals surface area (Å²) in [7, 11) is 3.94. The van der Waals surface area contributed by atoms with Gasteiger partial charge in [-0.3, -0.25) is 5.32 Å². The van der Waals surface area contributed by atoms with Gasteiger partial charge in [0.25, 0.3) is 0 Å². The second kappa shape index (κ2) is 4.44. The van der Waals surface area contributed by atoms with Crippen LogP contribution in [0.3, 0.4) is 0 Å². The maximum absolute atomic E-state index is 8.94. The summed E-state index contributed by atoms with van der Waals surface area (Å²) in [5.74, 6) is 0. The molecule has 12 heavy (non-hydrogen) atoms. The van der Waals surface area contributed by atoms with E-state index in [1.165, 1.54) is 0 Å². The van der Waals surface area contributed by atoms with E-state index in [1.807, 2.05) is 39.8 Å². The van der Waals surface area contributed by atoms with E-state index in [1.54, 1.807) is 0 Å². The standard InChI is InChI=1S/C9H19N3/c1-8(2)11-9(3,6-10)7-12(4)5/h8,11H,7H2,1-5H3. The second-order valence-electron chi connectivity index (χ2n) is 3.98. The lowest BCUT2D eigenvalue weighted by molar-refractivity contribution is 0.287. The van der Waals surface area contributed by atoms with Crippen molar-refractivity contribution in [2.45, 2.75) is 32.4 Å². The number of hydrogen-bond acceptors (Lipinski definition) is 3. The number of rotatable bonds is 4. The largest absolute Gasteiger partial charge is 0.307 e. The van der Waals surface area contributed by atoms with Crippen LogP contribution in [-0.2, 0) is 0 Å². The highest BCUT2D eigenvalue weighted by Crippen LogP contribution is 2.04. The molecule has 0 fully saturated rings. The summed E-state index contributed by atoms with van der Waals surface area (Å²) in [5.41, 5.74) is -0.433. The third-order valence-corrected chi connectivity index (χ3v) is 1.49. The number of nitrogens with zero attached hydrogens (tertiary/aromatic N) is 2. The molecule has 0 rings (SSSR count). The van der Waals surface area contributed by atoms with Gasteiger partial charge in [0.1, 0.15) is 5.54 Å². The third kappa shape index (κ3) is 4.32. The maximum atomic E-state index is 8.94. The van der Waals surface area contributed by atoms with Gasteiger partial charge < -0.3 is 4.90 Å². The SMILES string of the molecule is CC(C)NC(C)(C#N)CN(C)C. The normalized spacial score (nSPS) is 16.2. The summed E-state index contributed by atoms with van der Waals surface area (Å²) in [5, 5.41) is 12.2. The van der Waals surface area contributed by atoms with Crippen LogP contribution in [-0.4, -0.2) is 37.1 Å². The topological polar surface area (TPSA) is 39.1 Å². The van der Waals surface area contributed by atoms with Crippen molar-refractivity contribution >= 4 is 0 Å². The van der Waals surface area contributed by atoms with E-state index in [4.69, 9.17) is 5.26 Å². The molecule has 0 aromatic heterocycles. The fraction of sp³-hybridized carbons (Fsp3) is 0.889. The van der Waals surface area contributed by atoms with Crippen molar-refractivity contribution in [2.75, 3.05) is 20.6 Å². The molecule has 0 aliphatic carbocycles. The number of hydrogen-bond donors (Lipinski definition) is 1. The highest BCUT2D eigenvalue weighted by molar-refractivity contribution is 5.05. The smallest absolute Gasteiger partial charge is 0.116 e. The molecule has 0 aliphatic rings. The van der Waals surface area contributed by atoms with Gasteiger partial charge >= 0.3 is 0 Å². The number of nitrogens with one attached hydrogen (secondary N) is 1. The van der Waals surface area contributed by atoms with Crippen LogP contribution in [0.15, 0.2) is 0 Å². The molecule has 1 N–H and O–H groups in total. The molecule has 0 saturated carbocycles. The molecule has 0 aliphatic heterocycles. The molecule has 0 bridgehead atoms. The maximum Gasteiger partial charge on any atom is 0.116 e. The van der Waals surface area contributed by atoms with E-state index in [0.717, 1.165) is 6.54 Å².